The first-order chi connectivity index (χ1) is 7.74. The minimum atomic E-state index is 0.490. The first kappa shape index (κ1) is 11.2. The van der Waals surface area contributed by atoms with Gasteiger partial charge in [-0.15, -0.1) is 0 Å². The van der Waals surface area contributed by atoms with Crippen LogP contribution in [0.4, 0.5) is 0 Å². The van der Waals surface area contributed by atoms with Crippen molar-refractivity contribution in [3.63, 3.8) is 0 Å². The van der Waals surface area contributed by atoms with Crippen LogP contribution in [0.1, 0.15) is 55.1 Å². The summed E-state index contributed by atoms with van der Waals surface area (Å²) in [7, 11) is 0. The summed E-state index contributed by atoms with van der Waals surface area (Å²) >= 11 is 0. The van der Waals surface area contributed by atoms with E-state index in [0.29, 0.717) is 12.5 Å². The van der Waals surface area contributed by atoms with Crippen molar-refractivity contribution < 1.29 is 0 Å². The van der Waals surface area contributed by atoms with Crippen molar-refractivity contribution in [1.29, 1.82) is 5.26 Å². The van der Waals surface area contributed by atoms with Gasteiger partial charge in [0.25, 0.3) is 0 Å². The molecule has 0 unspecified atom stereocenters. The second-order valence-corrected chi connectivity index (χ2v) is 4.72. The van der Waals surface area contributed by atoms with Crippen LogP contribution in [0.15, 0.2) is 0 Å². The number of hydrogen-bond acceptors (Lipinski definition) is 2. The zero-order chi connectivity index (χ0) is 11.5. The molecule has 0 aliphatic heterocycles. The number of aryl methyl sites for hydroxylation is 1. The number of nitriles is 1. The molecular formula is C13H19N3. The Labute approximate surface area is 97.1 Å². The largest absolute Gasteiger partial charge is 0.266 e. The van der Waals surface area contributed by atoms with Gasteiger partial charge in [-0.1, -0.05) is 19.3 Å². The van der Waals surface area contributed by atoms with E-state index in [1.165, 1.54) is 37.8 Å². The maximum absolute atomic E-state index is 8.80. The van der Waals surface area contributed by atoms with Gasteiger partial charge in [0.05, 0.1) is 24.2 Å². The molecule has 1 aromatic heterocycles. The lowest BCUT2D eigenvalue weighted by atomic mass is 9.95. The summed E-state index contributed by atoms with van der Waals surface area (Å²) < 4.78 is 2.17. The van der Waals surface area contributed by atoms with Crippen LogP contribution < -0.4 is 0 Å². The first-order valence-corrected chi connectivity index (χ1v) is 6.15. The third kappa shape index (κ3) is 1.97. The minimum absolute atomic E-state index is 0.490. The number of hydrogen-bond donors (Lipinski definition) is 0. The normalized spacial score (nSPS) is 17.3. The summed E-state index contributed by atoms with van der Waals surface area (Å²) in [5.74, 6) is 0. The third-order valence-electron chi connectivity index (χ3n) is 3.65. The predicted molar refractivity (Wildman–Crippen MR) is 63.1 cm³/mol. The Morgan fingerprint density at radius 1 is 1.31 bits per heavy atom. The van der Waals surface area contributed by atoms with Crippen LogP contribution in [-0.2, 0) is 6.42 Å². The van der Waals surface area contributed by atoms with Gasteiger partial charge in [0.2, 0.25) is 0 Å². The van der Waals surface area contributed by atoms with Gasteiger partial charge in [0, 0.05) is 11.3 Å². The molecule has 1 fully saturated rings. The van der Waals surface area contributed by atoms with Crippen LogP contribution in [-0.4, -0.2) is 9.78 Å². The van der Waals surface area contributed by atoms with E-state index < -0.39 is 0 Å². The van der Waals surface area contributed by atoms with Gasteiger partial charge < -0.3 is 0 Å². The van der Waals surface area contributed by atoms with Gasteiger partial charge in [-0.25, -0.2) is 0 Å². The maximum Gasteiger partial charge on any atom is 0.0671 e. The Bertz CT molecular complexity index is 406. The van der Waals surface area contributed by atoms with Crippen molar-refractivity contribution in [2.45, 2.75) is 58.4 Å². The minimum Gasteiger partial charge on any atom is -0.266 e. The molecule has 0 amide bonds. The number of rotatable bonds is 2. The molecule has 1 heterocycles. The molecule has 1 aliphatic rings. The zero-order valence-corrected chi connectivity index (χ0v) is 10.2. The lowest BCUT2D eigenvalue weighted by molar-refractivity contribution is 0.324. The highest BCUT2D eigenvalue weighted by Crippen LogP contribution is 2.30. The van der Waals surface area contributed by atoms with E-state index in [0.717, 1.165) is 11.3 Å². The van der Waals surface area contributed by atoms with E-state index in [-0.39, 0.29) is 0 Å². The summed E-state index contributed by atoms with van der Waals surface area (Å²) in [6.07, 6.45) is 6.97. The Morgan fingerprint density at radius 3 is 2.62 bits per heavy atom. The Kier molecular flexibility index (Phi) is 3.28. The fraction of sp³-hybridized carbons (Fsp3) is 0.692. The quantitative estimate of drug-likeness (QED) is 0.764. The van der Waals surface area contributed by atoms with Crippen molar-refractivity contribution in [2.24, 2.45) is 0 Å². The smallest absolute Gasteiger partial charge is 0.0671 e. The molecule has 1 saturated carbocycles. The van der Waals surface area contributed by atoms with E-state index in [1.807, 2.05) is 6.92 Å². The van der Waals surface area contributed by atoms with Gasteiger partial charge in [-0.3, -0.25) is 4.68 Å². The fourth-order valence-corrected chi connectivity index (χ4v) is 2.71. The van der Waals surface area contributed by atoms with Gasteiger partial charge in [0.15, 0.2) is 0 Å². The first-order valence-electron chi connectivity index (χ1n) is 6.15. The van der Waals surface area contributed by atoms with Crippen molar-refractivity contribution in [3.8, 4) is 6.07 Å². The molecular weight excluding hydrogens is 198 g/mol. The zero-order valence-electron chi connectivity index (χ0n) is 10.2. The number of nitrogens with zero attached hydrogens (tertiary/aromatic N) is 3. The highest BCUT2D eigenvalue weighted by atomic mass is 15.3. The highest BCUT2D eigenvalue weighted by molar-refractivity contribution is 5.27. The Balaban J connectivity index is 2.27. The molecule has 1 aromatic rings. The lowest BCUT2D eigenvalue weighted by Crippen LogP contribution is -2.15. The maximum atomic E-state index is 8.80. The average Bonchev–Trinajstić information content (AvgIpc) is 2.59. The number of aromatic nitrogens is 2. The fourth-order valence-electron chi connectivity index (χ4n) is 2.71. The van der Waals surface area contributed by atoms with Gasteiger partial charge in [-0.05, 0) is 26.7 Å². The van der Waals surface area contributed by atoms with E-state index in [2.05, 4.69) is 22.8 Å². The summed E-state index contributed by atoms with van der Waals surface area (Å²) in [5.41, 5.74) is 3.36. The molecule has 0 atom stereocenters. The molecule has 3 heteroatoms. The summed E-state index contributed by atoms with van der Waals surface area (Å²) in [6, 6.07) is 2.80. The summed E-state index contributed by atoms with van der Waals surface area (Å²) in [6.45, 7) is 4.11. The predicted octanol–water partition coefficient (Wildman–Crippen LogP) is 3.07. The molecule has 0 bridgehead atoms. The molecule has 0 N–H and O–H groups in total. The van der Waals surface area contributed by atoms with Gasteiger partial charge in [0.1, 0.15) is 0 Å². The molecule has 0 radical (unpaired) electrons. The molecule has 16 heavy (non-hydrogen) atoms. The molecule has 1 aliphatic carbocycles. The van der Waals surface area contributed by atoms with Crippen molar-refractivity contribution >= 4 is 0 Å². The van der Waals surface area contributed by atoms with E-state index in [1.54, 1.807) is 0 Å². The van der Waals surface area contributed by atoms with Crippen LogP contribution in [0.3, 0.4) is 0 Å². The van der Waals surface area contributed by atoms with E-state index in [4.69, 9.17) is 5.26 Å². The molecule has 0 spiro atoms. The Morgan fingerprint density at radius 2 is 2.00 bits per heavy atom. The molecule has 86 valence electrons. The van der Waals surface area contributed by atoms with Crippen LogP contribution in [0.2, 0.25) is 0 Å². The molecule has 0 aromatic carbocycles. The van der Waals surface area contributed by atoms with Crippen LogP contribution in [0, 0.1) is 25.2 Å². The molecule has 2 rings (SSSR count). The molecule has 3 nitrogen and oxygen atoms in total. The summed E-state index contributed by atoms with van der Waals surface area (Å²) in [4.78, 5) is 0. The van der Waals surface area contributed by atoms with Crippen molar-refractivity contribution in [3.05, 3.63) is 17.0 Å². The van der Waals surface area contributed by atoms with Crippen LogP contribution in [0.5, 0.6) is 0 Å². The summed E-state index contributed by atoms with van der Waals surface area (Å²) in [5, 5.41) is 13.4. The lowest BCUT2D eigenvalue weighted by Gasteiger charge is -2.23. The topological polar surface area (TPSA) is 41.6 Å². The van der Waals surface area contributed by atoms with Gasteiger partial charge >= 0.3 is 0 Å². The van der Waals surface area contributed by atoms with E-state index >= 15 is 0 Å². The SMILES string of the molecule is Cc1nn(C2CCCCC2)c(C)c1CC#N. The van der Waals surface area contributed by atoms with E-state index in [9.17, 15) is 0 Å². The third-order valence-corrected chi connectivity index (χ3v) is 3.65. The van der Waals surface area contributed by atoms with Crippen LogP contribution in [0.25, 0.3) is 0 Å². The average molecular weight is 217 g/mol. The second-order valence-electron chi connectivity index (χ2n) is 4.72. The van der Waals surface area contributed by atoms with Crippen molar-refractivity contribution in [1.82, 2.24) is 9.78 Å². The monoisotopic (exact) mass is 217 g/mol. The second kappa shape index (κ2) is 4.69. The van der Waals surface area contributed by atoms with Crippen molar-refractivity contribution in [2.75, 3.05) is 0 Å². The van der Waals surface area contributed by atoms with Gasteiger partial charge in [-0.2, -0.15) is 10.4 Å². The standard InChI is InChI=1S/C13H19N3/c1-10-13(8-9-14)11(2)16(15-10)12-6-4-3-5-7-12/h12H,3-8H2,1-2H3. The molecule has 0 saturated heterocycles. The Hall–Kier alpha value is -1.30. The highest BCUT2D eigenvalue weighted by Gasteiger charge is 2.20. The van der Waals surface area contributed by atoms with Crippen LogP contribution >= 0.6 is 0 Å².